The molecule has 0 aromatic rings. The number of allylic oxidation sites excluding steroid dienone is 16. The quantitative estimate of drug-likeness (QED) is 0.0262. The van der Waals surface area contributed by atoms with Crippen molar-refractivity contribution >= 4 is 17.9 Å². The molecule has 0 N–H and O–H groups in total. The summed E-state index contributed by atoms with van der Waals surface area (Å²) in [6.07, 6.45) is 74.4. The maximum absolute atomic E-state index is 12.8. The van der Waals surface area contributed by atoms with Gasteiger partial charge in [0.25, 0.3) is 0 Å². The third-order valence-corrected chi connectivity index (χ3v) is 11.8. The second-order valence-corrected chi connectivity index (χ2v) is 18.5. The van der Waals surface area contributed by atoms with Crippen molar-refractivity contribution in [3.63, 3.8) is 0 Å². The Balaban J connectivity index is 4.17. The van der Waals surface area contributed by atoms with E-state index in [0.29, 0.717) is 19.3 Å². The first-order chi connectivity index (χ1) is 33.5. The maximum atomic E-state index is 12.8. The number of hydrogen-bond acceptors (Lipinski definition) is 6. The molecule has 68 heavy (non-hydrogen) atoms. The molecule has 0 aliphatic rings. The molecule has 0 aromatic carbocycles. The molecule has 0 saturated heterocycles. The van der Waals surface area contributed by atoms with Crippen LogP contribution in [-0.4, -0.2) is 37.2 Å². The van der Waals surface area contributed by atoms with Crippen LogP contribution in [0.1, 0.15) is 258 Å². The fraction of sp³-hybridized carbons (Fsp3) is 0.694. The summed E-state index contributed by atoms with van der Waals surface area (Å²) in [6, 6.07) is 0. The molecular formula is C62H104O6. The Morgan fingerprint density at radius 2 is 0.574 bits per heavy atom. The summed E-state index contributed by atoms with van der Waals surface area (Å²) < 4.78 is 16.7. The summed E-state index contributed by atoms with van der Waals surface area (Å²) in [4.78, 5) is 37.8. The van der Waals surface area contributed by atoms with Crippen molar-refractivity contribution in [1.29, 1.82) is 0 Å². The second-order valence-electron chi connectivity index (χ2n) is 18.5. The van der Waals surface area contributed by atoms with Crippen molar-refractivity contribution in [2.24, 2.45) is 0 Å². The lowest BCUT2D eigenvalue weighted by Crippen LogP contribution is -2.30. The van der Waals surface area contributed by atoms with Gasteiger partial charge >= 0.3 is 17.9 Å². The van der Waals surface area contributed by atoms with Crippen LogP contribution in [0.25, 0.3) is 0 Å². The highest BCUT2D eigenvalue weighted by molar-refractivity contribution is 5.71. The highest BCUT2D eigenvalue weighted by Crippen LogP contribution is 2.14. The summed E-state index contributed by atoms with van der Waals surface area (Å²) >= 11 is 0. The van der Waals surface area contributed by atoms with E-state index in [9.17, 15) is 14.4 Å². The molecule has 0 aliphatic carbocycles. The lowest BCUT2D eigenvalue weighted by molar-refractivity contribution is -0.167. The van der Waals surface area contributed by atoms with Crippen LogP contribution in [-0.2, 0) is 28.6 Å². The fourth-order valence-corrected chi connectivity index (χ4v) is 7.59. The third kappa shape index (κ3) is 53.3. The van der Waals surface area contributed by atoms with E-state index >= 15 is 0 Å². The van der Waals surface area contributed by atoms with Gasteiger partial charge in [0.05, 0.1) is 0 Å². The second kappa shape index (κ2) is 55.9. The van der Waals surface area contributed by atoms with Gasteiger partial charge < -0.3 is 14.2 Å². The molecule has 0 fully saturated rings. The van der Waals surface area contributed by atoms with Gasteiger partial charge in [0.2, 0.25) is 0 Å². The van der Waals surface area contributed by atoms with Gasteiger partial charge in [0.15, 0.2) is 6.10 Å². The molecule has 6 heteroatoms. The van der Waals surface area contributed by atoms with Crippen LogP contribution in [0.2, 0.25) is 0 Å². The first-order valence-electron chi connectivity index (χ1n) is 28.2. The van der Waals surface area contributed by atoms with Crippen LogP contribution in [0, 0.1) is 0 Å². The van der Waals surface area contributed by atoms with E-state index in [2.05, 4.69) is 118 Å². The minimum atomic E-state index is -0.785. The number of hydrogen-bond donors (Lipinski definition) is 0. The number of esters is 3. The van der Waals surface area contributed by atoms with E-state index in [1.165, 1.54) is 89.9 Å². The van der Waals surface area contributed by atoms with E-state index in [1.807, 2.05) is 0 Å². The Morgan fingerprint density at radius 1 is 0.309 bits per heavy atom. The summed E-state index contributed by atoms with van der Waals surface area (Å²) in [6.45, 7) is 6.42. The summed E-state index contributed by atoms with van der Waals surface area (Å²) in [5.41, 5.74) is 0. The van der Waals surface area contributed by atoms with E-state index < -0.39 is 6.10 Å². The lowest BCUT2D eigenvalue weighted by atomic mass is 10.1. The Morgan fingerprint density at radius 3 is 0.912 bits per heavy atom. The molecule has 6 nitrogen and oxygen atoms in total. The number of unbranched alkanes of at least 4 members (excludes halogenated alkanes) is 23. The molecule has 1 unspecified atom stereocenters. The van der Waals surface area contributed by atoms with Crippen molar-refractivity contribution < 1.29 is 28.6 Å². The van der Waals surface area contributed by atoms with Gasteiger partial charge in [-0.3, -0.25) is 14.4 Å². The predicted molar refractivity (Wildman–Crippen MR) is 293 cm³/mol. The molecule has 0 spiro atoms. The van der Waals surface area contributed by atoms with Gasteiger partial charge in [-0.05, 0) is 103 Å². The van der Waals surface area contributed by atoms with Gasteiger partial charge in [-0.1, -0.05) is 234 Å². The molecule has 0 saturated carbocycles. The van der Waals surface area contributed by atoms with Crippen LogP contribution < -0.4 is 0 Å². The van der Waals surface area contributed by atoms with Crippen molar-refractivity contribution in [3.05, 3.63) is 97.2 Å². The van der Waals surface area contributed by atoms with E-state index in [4.69, 9.17) is 14.2 Å². The largest absolute Gasteiger partial charge is 0.462 e. The molecule has 0 aromatic heterocycles. The highest BCUT2D eigenvalue weighted by atomic mass is 16.6. The standard InChI is InChI=1S/C62H104O6/c1-4-7-10-13-15-17-19-21-23-25-27-28-29-30-31-32-33-34-35-37-38-40-42-44-46-49-52-55-61(64)67-58-59(57-66-60(63)54-51-48-12-9-6-3)68-62(65)56-53-50-47-45-43-41-39-36-26-24-22-20-18-16-14-11-8-5-2/h7,10,15,17,21,23-24,26-28,30-31,33-34,37-38,59H,4-6,8-9,11-14,16,18-20,22,25,29,32,35-36,39-58H2,1-3H3/b10-7-,17-15-,23-21-,26-24-,28-27-,31-30-,34-33-,38-37-. The Labute approximate surface area is 419 Å². The van der Waals surface area contributed by atoms with Gasteiger partial charge in [-0.15, -0.1) is 0 Å². The molecule has 0 rings (SSSR count). The Hall–Kier alpha value is -3.67. The zero-order chi connectivity index (χ0) is 49.3. The molecule has 0 radical (unpaired) electrons. The van der Waals surface area contributed by atoms with Gasteiger partial charge in [0.1, 0.15) is 13.2 Å². The predicted octanol–water partition coefficient (Wildman–Crippen LogP) is 18.9. The van der Waals surface area contributed by atoms with Crippen LogP contribution in [0.5, 0.6) is 0 Å². The number of carbonyl (C=O) groups excluding carboxylic acids is 3. The zero-order valence-corrected chi connectivity index (χ0v) is 44.3. The first-order valence-corrected chi connectivity index (χ1v) is 28.2. The molecule has 1 atom stereocenters. The molecule has 0 amide bonds. The lowest BCUT2D eigenvalue weighted by Gasteiger charge is -2.18. The molecule has 0 bridgehead atoms. The topological polar surface area (TPSA) is 78.9 Å². The van der Waals surface area contributed by atoms with Crippen molar-refractivity contribution in [2.45, 2.75) is 264 Å². The van der Waals surface area contributed by atoms with E-state index in [-0.39, 0.29) is 31.1 Å². The fourth-order valence-electron chi connectivity index (χ4n) is 7.59. The monoisotopic (exact) mass is 945 g/mol. The van der Waals surface area contributed by atoms with Crippen LogP contribution >= 0.6 is 0 Å². The molecular weight excluding hydrogens is 841 g/mol. The smallest absolute Gasteiger partial charge is 0.306 e. The minimum Gasteiger partial charge on any atom is -0.462 e. The van der Waals surface area contributed by atoms with Crippen molar-refractivity contribution in [1.82, 2.24) is 0 Å². The van der Waals surface area contributed by atoms with Crippen LogP contribution in [0.3, 0.4) is 0 Å². The summed E-state index contributed by atoms with van der Waals surface area (Å²) in [5.74, 6) is -0.924. The Kier molecular flexibility index (Phi) is 52.9. The summed E-state index contributed by atoms with van der Waals surface area (Å²) in [7, 11) is 0. The van der Waals surface area contributed by atoms with Gasteiger partial charge in [-0.25, -0.2) is 0 Å². The SMILES string of the molecule is CC/C=C\C/C=C\C/C=C\C/C=C\C/C=C\C/C=C\C/C=C\CCCCCCCC(=O)OCC(COC(=O)CCCCCCC)OC(=O)CCCCCCCCC/C=C\CCCCCCCCC. The average Bonchev–Trinajstić information content (AvgIpc) is 3.34. The maximum Gasteiger partial charge on any atom is 0.306 e. The third-order valence-electron chi connectivity index (χ3n) is 11.8. The van der Waals surface area contributed by atoms with E-state index in [1.54, 1.807) is 0 Å². The van der Waals surface area contributed by atoms with Gasteiger partial charge in [0, 0.05) is 19.3 Å². The number of carbonyl (C=O) groups is 3. The van der Waals surface area contributed by atoms with Crippen molar-refractivity contribution in [2.75, 3.05) is 13.2 Å². The van der Waals surface area contributed by atoms with E-state index in [0.717, 1.165) is 128 Å². The normalized spacial score (nSPS) is 12.8. The zero-order valence-electron chi connectivity index (χ0n) is 44.3. The first kappa shape index (κ1) is 64.3. The van der Waals surface area contributed by atoms with Crippen LogP contribution in [0.15, 0.2) is 97.2 Å². The van der Waals surface area contributed by atoms with Crippen molar-refractivity contribution in [3.8, 4) is 0 Å². The number of ether oxygens (including phenoxy) is 3. The van der Waals surface area contributed by atoms with Crippen LogP contribution in [0.4, 0.5) is 0 Å². The highest BCUT2D eigenvalue weighted by Gasteiger charge is 2.19. The molecule has 0 heterocycles. The minimum absolute atomic E-state index is 0.0863. The Bertz CT molecular complexity index is 1360. The number of rotatable bonds is 50. The summed E-state index contributed by atoms with van der Waals surface area (Å²) in [5, 5.41) is 0. The van der Waals surface area contributed by atoms with Gasteiger partial charge in [-0.2, -0.15) is 0 Å². The average molecular weight is 946 g/mol. The molecule has 388 valence electrons. The molecule has 0 aliphatic heterocycles.